The zero-order valence-corrected chi connectivity index (χ0v) is 19.3. The molecule has 1 fully saturated rings. The second-order valence-electron chi connectivity index (χ2n) is 8.99. The van der Waals surface area contributed by atoms with Gasteiger partial charge in [-0.25, -0.2) is 9.78 Å². The fraction of sp³-hybridized carbons (Fsp3) is 0.259. The van der Waals surface area contributed by atoms with E-state index in [4.69, 9.17) is 9.72 Å². The van der Waals surface area contributed by atoms with Gasteiger partial charge in [0.1, 0.15) is 11.5 Å². The van der Waals surface area contributed by atoms with Crippen molar-refractivity contribution in [2.75, 3.05) is 18.1 Å². The van der Waals surface area contributed by atoms with Gasteiger partial charge < -0.3 is 15.2 Å². The van der Waals surface area contributed by atoms with Crippen LogP contribution in [0.25, 0.3) is 22.4 Å². The molecule has 8 nitrogen and oxygen atoms in total. The minimum absolute atomic E-state index is 0.0438. The first-order valence-electron chi connectivity index (χ1n) is 11.5. The lowest BCUT2D eigenvalue weighted by Crippen LogP contribution is -2.50. The summed E-state index contributed by atoms with van der Waals surface area (Å²) >= 11 is 0. The van der Waals surface area contributed by atoms with Crippen molar-refractivity contribution in [3.05, 3.63) is 66.2 Å². The molecule has 0 radical (unpaired) electrons. The number of carbonyl (C=O) groups is 3. The van der Waals surface area contributed by atoms with Crippen LogP contribution in [0.3, 0.4) is 0 Å². The van der Waals surface area contributed by atoms with Gasteiger partial charge in [0.05, 0.1) is 17.8 Å². The number of amides is 2. The van der Waals surface area contributed by atoms with Gasteiger partial charge in [-0.05, 0) is 43.4 Å². The van der Waals surface area contributed by atoms with Gasteiger partial charge in [0.2, 0.25) is 5.88 Å². The number of fused-ring (bicyclic) bond motifs is 1. The molecule has 2 amide bonds. The summed E-state index contributed by atoms with van der Waals surface area (Å²) in [5.41, 5.74) is 4.05. The third-order valence-corrected chi connectivity index (χ3v) is 6.62. The molecule has 5 rings (SSSR count). The van der Waals surface area contributed by atoms with E-state index in [1.165, 1.54) is 11.8 Å². The molecule has 2 heterocycles. The van der Waals surface area contributed by atoms with Crippen molar-refractivity contribution in [3.63, 3.8) is 0 Å². The Bertz CT molecular complexity index is 1300. The highest BCUT2D eigenvalue weighted by Crippen LogP contribution is 2.43. The van der Waals surface area contributed by atoms with Crippen molar-refractivity contribution >= 4 is 23.5 Å². The van der Waals surface area contributed by atoms with E-state index in [-0.39, 0.29) is 24.8 Å². The largest absolute Gasteiger partial charge is 0.466 e. The number of carbonyl (C=O) groups excluding carboxylic acids is 2. The van der Waals surface area contributed by atoms with E-state index in [9.17, 15) is 19.5 Å². The first-order valence-corrected chi connectivity index (χ1v) is 11.5. The average Bonchev–Trinajstić information content (AvgIpc) is 2.83. The normalized spacial score (nSPS) is 16.0. The van der Waals surface area contributed by atoms with Crippen LogP contribution in [0.5, 0.6) is 5.88 Å². The second kappa shape index (κ2) is 8.87. The summed E-state index contributed by atoms with van der Waals surface area (Å²) in [4.78, 5) is 41.9. The molecule has 1 aromatic heterocycles. The first-order chi connectivity index (χ1) is 16.9. The van der Waals surface area contributed by atoms with E-state index in [0.717, 1.165) is 41.5 Å². The van der Waals surface area contributed by atoms with E-state index in [1.54, 1.807) is 0 Å². The van der Waals surface area contributed by atoms with Crippen LogP contribution in [0.15, 0.2) is 60.7 Å². The van der Waals surface area contributed by atoms with Gasteiger partial charge in [-0.2, -0.15) is 0 Å². The SMILES string of the molecule is CC(=O)CN1C(=O)COc2nc(-c3ccc(C4(NC(=O)O)CCC4)cc3)c(-c3ccccc3)cc21. The van der Waals surface area contributed by atoms with Crippen molar-refractivity contribution in [1.82, 2.24) is 10.3 Å². The van der Waals surface area contributed by atoms with Crippen molar-refractivity contribution in [3.8, 4) is 28.3 Å². The van der Waals surface area contributed by atoms with Gasteiger partial charge in [-0.15, -0.1) is 0 Å². The van der Waals surface area contributed by atoms with Crippen LogP contribution in [-0.2, 0) is 15.1 Å². The molecular formula is C27H25N3O5. The lowest BCUT2D eigenvalue weighted by Gasteiger charge is -2.42. The summed E-state index contributed by atoms with van der Waals surface area (Å²) in [6.07, 6.45) is 1.47. The highest BCUT2D eigenvalue weighted by Gasteiger charge is 2.40. The number of Topliss-reactive ketones (excluding diaryl/α,β-unsaturated/α-hetero) is 1. The number of ether oxygens (including phenoxy) is 1. The third kappa shape index (κ3) is 4.23. The molecule has 0 bridgehead atoms. The summed E-state index contributed by atoms with van der Waals surface area (Å²) in [5, 5.41) is 12.0. The molecule has 1 aliphatic carbocycles. The quantitative estimate of drug-likeness (QED) is 0.552. The predicted octanol–water partition coefficient (Wildman–Crippen LogP) is 4.38. The number of carboxylic acid groups (broad SMARTS) is 1. The molecule has 0 atom stereocenters. The summed E-state index contributed by atoms with van der Waals surface area (Å²) in [6.45, 7) is 1.22. The standard InChI is InChI=1S/C27H25N3O5/c1-17(31)15-30-22-14-21(18-6-3-2-4-7-18)24(28-25(22)35-16-23(30)32)19-8-10-20(11-9-19)27(12-5-13-27)29-26(33)34/h2-4,6-11,14,29H,5,12-13,15-16H2,1H3,(H,33,34). The zero-order chi connectivity index (χ0) is 24.6. The molecule has 178 valence electrons. The number of benzene rings is 2. The van der Waals surface area contributed by atoms with E-state index < -0.39 is 11.6 Å². The zero-order valence-electron chi connectivity index (χ0n) is 19.3. The van der Waals surface area contributed by atoms with E-state index in [2.05, 4.69) is 5.32 Å². The van der Waals surface area contributed by atoms with Crippen molar-refractivity contribution in [2.45, 2.75) is 31.7 Å². The Morgan fingerprint density at radius 2 is 1.80 bits per heavy atom. The van der Waals surface area contributed by atoms with Crippen molar-refractivity contribution in [1.29, 1.82) is 0 Å². The molecule has 2 aromatic carbocycles. The number of hydrogen-bond acceptors (Lipinski definition) is 5. The number of nitrogens with zero attached hydrogens (tertiary/aromatic N) is 2. The van der Waals surface area contributed by atoms with E-state index >= 15 is 0 Å². The third-order valence-electron chi connectivity index (χ3n) is 6.62. The Kier molecular flexibility index (Phi) is 5.72. The molecule has 1 aliphatic heterocycles. The topological polar surface area (TPSA) is 109 Å². The molecule has 0 unspecified atom stereocenters. The van der Waals surface area contributed by atoms with Crippen LogP contribution in [0.1, 0.15) is 31.7 Å². The predicted molar refractivity (Wildman–Crippen MR) is 130 cm³/mol. The van der Waals surface area contributed by atoms with Gasteiger partial charge in [-0.1, -0.05) is 54.6 Å². The van der Waals surface area contributed by atoms with Crippen LogP contribution >= 0.6 is 0 Å². The molecule has 1 saturated carbocycles. The number of hydrogen-bond donors (Lipinski definition) is 2. The Morgan fingerprint density at radius 3 is 2.40 bits per heavy atom. The molecule has 0 saturated heterocycles. The maximum absolute atomic E-state index is 12.5. The number of rotatable bonds is 6. The van der Waals surface area contributed by atoms with Crippen LogP contribution in [0, 0.1) is 0 Å². The van der Waals surface area contributed by atoms with Gasteiger partial charge in [-0.3, -0.25) is 14.5 Å². The summed E-state index contributed by atoms with van der Waals surface area (Å²) in [7, 11) is 0. The summed E-state index contributed by atoms with van der Waals surface area (Å²) in [6, 6.07) is 19.3. The van der Waals surface area contributed by atoms with Crippen molar-refractivity contribution < 1.29 is 24.2 Å². The van der Waals surface area contributed by atoms with Crippen LogP contribution in [0.2, 0.25) is 0 Å². The van der Waals surface area contributed by atoms with Crippen LogP contribution in [-0.4, -0.2) is 41.0 Å². The van der Waals surface area contributed by atoms with Crippen LogP contribution < -0.4 is 15.0 Å². The molecule has 2 aliphatic rings. The highest BCUT2D eigenvalue weighted by atomic mass is 16.5. The van der Waals surface area contributed by atoms with Gasteiger partial charge >= 0.3 is 6.09 Å². The molecule has 2 N–H and O–H groups in total. The number of aromatic nitrogens is 1. The monoisotopic (exact) mass is 471 g/mol. The summed E-state index contributed by atoms with van der Waals surface area (Å²) < 4.78 is 5.66. The van der Waals surface area contributed by atoms with E-state index in [1.807, 2.05) is 60.7 Å². The first kappa shape index (κ1) is 22.6. The maximum atomic E-state index is 12.5. The van der Waals surface area contributed by atoms with Gasteiger partial charge in [0.15, 0.2) is 6.61 Å². The number of nitrogens with one attached hydrogen (secondary N) is 1. The molecule has 0 spiro atoms. The fourth-order valence-electron chi connectivity index (χ4n) is 4.75. The number of anilines is 1. The number of ketones is 1. The minimum Gasteiger partial charge on any atom is -0.466 e. The van der Waals surface area contributed by atoms with Crippen LogP contribution in [0.4, 0.5) is 10.5 Å². The maximum Gasteiger partial charge on any atom is 0.405 e. The average molecular weight is 472 g/mol. The molecule has 3 aromatic rings. The summed E-state index contributed by atoms with van der Waals surface area (Å²) in [5.74, 6) is -0.123. The highest BCUT2D eigenvalue weighted by molar-refractivity contribution is 6.03. The smallest absolute Gasteiger partial charge is 0.405 e. The Morgan fingerprint density at radius 1 is 1.09 bits per heavy atom. The van der Waals surface area contributed by atoms with Gasteiger partial charge in [0.25, 0.3) is 5.91 Å². The van der Waals surface area contributed by atoms with Gasteiger partial charge in [0, 0.05) is 11.1 Å². The molecule has 35 heavy (non-hydrogen) atoms. The lowest BCUT2D eigenvalue weighted by molar-refractivity contribution is -0.124. The Balaban J connectivity index is 1.60. The Hall–Kier alpha value is -4.20. The number of pyridine rings is 1. The van der Waals surface area contributed by atoms with E-state index in [0.29, 0.717) is 17.3 Å². The lowest BCUT2D eigenvalue weighted by atomic mass is 9.71. The van der Waals surface area contributed by atoms with Crippen molar-refractivity contribution in [2.24, 2.45) is 0 Å². The fourth-order valence-corrected chi connectivity index (χ4v) is 4.75. The minimum atomic E-state index is -1.03. The Labute approximate surface area is 202 Å². The molecular weight excluding hydrogens is 446 g/mol. The second-order valence-corrected chi connectivity index (χ2v) is 8.99. The molecule has 8 heteroatoms.